The summed E-state index contributed by atoms with van der Waals surface area (Å²) in [6.07, 6.45) is 38.9. The number of phosphoric acid groups is 1. The fraction of sp³-hybridized carbons (Fsp3) is 0.881. The van der Waals surface area contributed by atoms with E-state index >= 15 is 0 Å². The number of hydrogen-bond donors (Lipinski definition) is 0. The number of rotatable bonds is 39. The smallest absolute Gasteiger partial charge is 0.306 e. The fourth-order valence-electron chi connectivity index (χ4n) is 5.69. The van der Waals surface area contributed by atoms with Gasteiger partial charge in [-0.3, -0.25) is 9.36 Å². The van der Waals surface area contributed by atoms with Crippen molar-refractivity contribution in [1.29, 1.82) is 0 Å². The molecule has 0 aromatic heterocycles. The Kier molecular flexibility index (Phi) is 35.3. The molecule has 0 fully saturated rings. The van der Waals surface area contributed by atoms with E-state index in [1.165, 1.54) is 116 Å². The second-order valence-corrected chi connectivity index (χ2v) is 16.8. The van der Waals surface area contributed by atoms with Gasteiger partial charge < -0.3 is 27.9 Å². The van der Waals surface area contributed by atoms with E-state index in [1.54, 1.807) is 0 Å². The molecule has 0 radical (unpaired) electrons. The quantitative estimate of drug-likeness (QED) is 0.0203. The van der Waals surface area contributed by atoms with Gasteiger partial charge in [-0.05, 0) is 44.9 Å². The molecule has 8 nitrogen and oxygen atoms in total. The number of esters is 1. The molecule has 51 heavy (non-hydrogen) atoms. The van der Waals surface area contributed by atoms with Crippen molar-refractivity contribution in [3.63, 3.8) is 0 Å². The molecule has 0 spiro atoms. The van der Waals surface area contributed by atoms with Gasteiger partial charge in [-0.2, -0.15) is 0 Å². The normalized spacial score (nSPS) is 14.1. The van der Waals surface area contributed by atoms with Crippen LogP contribution in [0, 0.1) is 0 Å². The first-order chi connectivity index (χ1) is 24.6. The van der Waals surface area contributed by atoms with Gasteiger partial charge in [0.1, 0.15) is 19.3 Å². The molecule has 2 unspecified atom stereocenters. The molecule has 0 rings (SSSR count). The van der Waals surface area contributed by atoms with Gasteiger partial charge in [0.05, 0.1) is 34.4 Å². The Bertz CT molecular complexity index is 874. The van der Waals surface area contributed by atoms with Crippen LogP contribution in [0.2, 0.25) is 0 Å². The van der Waals surface area contributed by atoms with Crippen LogP contribution >= 0.6 is 7.82 Å². The Morgan fingerprint density at radius 1 is 0.608 bits per heavy atom. The number of carbonyl (C=O) groups excluding carboxylic acids is 1. The van der Waals surface area contributed by atoms with E-state index in [1.807, 2.05) is 21.1 Å². The number of carbonyl (C=O) groups is 1. The summed E-state index contributed by atoms with van der Waals surface area (Å²) in [5.41, 5.74) is 0. The second kappa shape index (κ2) is 36.0. The summed E-state index contributed by atoms with van der Waals surface area (Å²) >= 11 is 0. The standard InChI is InChI=1S/C42H82NO7P/c1-6-8-10-12-14-16-18-20-21-22-23-24-26-28-30-32-34-37-47-39-41(40-49-51(45,46)48-38-36-43(3,4)5)50-42(44)35-33-31-29-27-25-19-17-15-13-11-9-7-2/h16,18,21-22,41H,6-15,17,19-20,23-40H2,1-5H3/b18-16-,22-21-. The van der Waals surface area contributed by atoms with Crippen molar-refractivity contribution in [2.45, 2.75) is 187 Å². The summed E-state index contributed by atoms with van der Waals surface area (Å²) in [6, 6.07) is 0. The first kappa shape index (κ1) is 50.0. The molecule has 0 heterocycles. The lowest BCUT2D eigenvalue weighted by atomic mass is 10.0. The maximum Gasteiger partial charge on any atom is 0.306 e. The van der Waals surface area contributed by atoms with Crippen LogP contribution in [0.4, 0.5) is 0 Å². The van der Waals surface area contributed by atoms with Gasteiger partial charge in [0, 0.05) is 13.0 Å². The molecule has 0 N–H and O–H groups in total. The zero-order valence-electron chi connectivity index (χ0n) is 34.1. The Labute approximate surface area is 315 Å². The van der Waals surface area contributed by atoms with Gasteiger partial charge in [-0.1, -0.05) is 154 Å². The van der Waals surface area contributed by atoms with Crippen LogP contribution in [-0.2, 0) is 27.9 Å². The predicted molar refractivity (Wildman–Crippen MR) is 213 cm³/mol. The third-order valence-corrected chi connectivity index (χ3v) is 9.97. The van der Waals surface area contributed by atoms with E-state index in [0.717, 1.165) is 44.9 Å². The van der Waals surface area contributed by atoms with E-state index in [4.69, 9.17) is 18.5 Å². The van der Waals surface area contributed by atoms with Crippen LogP contribution in [0.3, 0.4) is 0 Å². The van der Waals surface area contributed by atoms with Gasteiger partial charge in [0.25, 0.3) is 7.82 Å². The number of unbranched alkanes of at least 4 members (excludes halogenated alkanes) is 21. The van der Waals surface area contributed by atoms with Crippen LogP contribution in [-0.4, -0.2) is 70.7 Å². The molecule has 0 amide bonds. The van der Waals surface area contributed by atoms with Gasteiger partial charge in [-0.15, -0.1) is 0 Å². The molecule has 302 valence electrons. The van der Waals surface area contributed by atoms with Crippen molar-refractivity contribution in [1.82, 2.24) is 0 Å². The molecule has 0 saturated carbocycles. The Morgan fingerprint density at radius 2 is 1.08 bits per heavy atom. The highest BCUT2D eigenvalue weighted by Crippen LogP contribution is 2.38. The third kappa shape index (κ3) is 40.0. The average Bonchev–Trinajstić information content (AvgIpc) is 3.08. The highest BCUT2D eigenvalue weighted by atomic mass is 31.2. The number of allylic oxidation sites excluding steroid dienone is 4. The van der Waals surface area contributed by atoms with Crippen LogP contribution in [0.25, 0.3) is 0 Å². The van der Waals surface area contributed by atoms with E-state index in [2.05, 4.69) is 38.2 Å². The van der Waals surface area contributed by atoms with Crippen LogP contribution in [0.15, 0.2) is 24.3 Å². The number of nitrogens with zero attached hydrogens (tertiary/aromatic N) is 1. The first-order valence-electron chi connectivity index (χ1n) is 21.1. The molecular formula is C42H82NO7P. The molecule has 0 bridgehead atoms. The minimum atomic E-state index is -4.52. The van der Waals surface area contributed by atoms with Crippen molar-refractivity contribution < 1.29 is 37.3 Å². The molecule has 0 aliphatic rings. The summed E-state index contributed by atoms with van der Waals surface area (Å²) in [6.45, 7) is 5.38. The van der Waals surface area contributed by atoms with Gasteiger partial charge >= 0.3 is 5.97 Å². The van der Waals surface area contributed by atoms with Gasteiger partial charge in [-0.25, -0.2) is 0 Å². The van der Waals surface area contributed by atoms with Crippen LogP contribution in [0.5, 0.6) is 0 Å². The monoisotopic (exact) mass is 744 g/mol. The molecule has 0 aromatic rings. The lowest BCUT2D eigenvalue weighted by Crippen LogP contribution is -2.37. The molecule has 0 saturated heterocycles. The van der Waals surface area contributed by atoms with E-state index in [0.29, 0.717) is 24.1 Å². The SMILES string of the molecule is CCCCCC/C=C\C/C=C\CCCCCCCCOCC(COP(=O)([O-])OCC[N+](C)(C)C)OC(=O)CCCCCCCCCCCCCC. The van der Waals surface area contributed by atoms with E-state index in [-0.39, 0.29) is 25.8 Å². The third-order valence-electron chi connectivity index (χ3n) is 9.01. The largest absolute Gasteiger partial charge is 0.756 e. The van der Waals surface area contributed by atoms with Crippen LogP contribution in [0.1, 0.15) is 181 Å². The second-order valence-electron chi connectivity index (χ2n) is 15.4. The summed E-state index contributed by atoms with van der Waals surface area (Å²) in [4.78, 5) is 25.0. The van der Waals surface area contributed by atoms with Gasteiger partial charge in [0.15, 0.2) is 0 Å². The average molecular weight is 744 g/mol. The topological polar surface area (TPSA) is 94.1 Å². The molecule has 2 atom stereocenters. The summed E-state index contributed by atoms with van der Waals surface area (Å²) in [5.74, 6) is -0.338. The van der Waals surface area contributed by atoms with E-state index < -0.39 is 13.9 Å². The molecule has 9 heteroatoms. The lowest BCUT2D eigenvalue weighted by molar-refractivity contribution is -0.870. The van der Waals surface area contributed by atoms with Crippen molar-refractivity contribution in [3.8, 4) is 0 Å². The fourth-order valence-corrected chi connectivity index (χ4v) is 6.42. The molecule has 0 aromatic carbocycles. The Balaban J connectivity index is 4.25. The van der Waals surface area contributed by atoms with Crippen molar-refractivity contribution >= 4 is 13.8 Å². The number of quaternary nitrogens is 1. The predicted octanol–water partition coefficient (Wildman–Crippen LogP) is 11.4. The molecule has 0 aliphatic heterocycles. The van der Waals surface area contributed by atoms with Crippen LogP contribution < -0.4 is 4.89 Å². The number of likely N-dealkylation sites (N-methyl/N-ethyl adjacent to an activating group) is 1. The minimum Gasteiger partial charge on any atom is -0.756 e. The number of hydrogen-bond acceptors (Lipinski definition) is 7. The maximum atomic E-state index is 12.6. The summed E-state index contributed by atoms with van der Waals surface area (Å²) in [7, 11) is 1.35. The Hall–Kier alpha value is -1.02. The maximum absolute atomic E-state index is 12.6. The lowest BCUT2D eigenvalue weighted by Gasteiger charge is -2.28. The number of ether oxygens (including phenoxy) is 2. The van der Waals surface area contributed by atoms with Gasteiger partial charge in [0.2, 0.25) is 0 Å². The zero-order chi connectivity index (χ0) is 37.7. The minimum absolute atomic E-state index is 0.0256. The number of phosphoric ester groups is 1. The summed E-state index contributed by atoms with van der Waals surface area (Å²) < 4.78 is 34.5. The molecule has 0 aliphatic carbocycles. The van der Waals surface area contributed by atoms with Crippen molar-refractivity contribution in [3.05, 3.63) is 24.3 Å². The first-order valence-corrected chi connectivity index (χ1v) is 22.5. The van der Waals surface area contributed by atoms with Crippen molar-refractivity contribution in [2.24, 2.45) is 0 Å². The Morgan fingerprint density at radius 3 is 1.61 bits per heavy atom. The van der Waals surface area contributed by atoms with E-state index in [9.17, 15) is 14.3 Å². The summed E-state index contributed by atoms with van der Waals surface area (Å²) in [5, 5.41) is 0. The zero-order valence-corrected chi connectivity index (χ0v) is 35.0. The molecular weight excluding hydrogens is 661 g/mol. The van der Waals surface area contributed by atoms with Crippen molar-refractivity contribution in [2.75, 3.05) is 54.1 Å². The highest BCUT2D eigenvalue weighted by molar-refractivity contribution is 7.45. The highest BCUT2D eigenvalue weighted by Gasteiger charge is 2.20.